The number of carbonyl (C=O) groups is 4. The number of anilines is 1. The predicted molar refractivity (Wildman–Crippen MR) is 109 cm³/mol. The number of carbonyl (C=O) groups excluding carboxylic acids is 3. The molecule has 2 aromatic heterocycles. The number of amides is 4. The predicted octanol–water partition coefficient (Wildman–Crippen LogP) is 3.01. The van der Waals surface area contributed by atoms with Crippen LogP contribution >= 0.6 is 0 Å². The Hall–Kier alpha value is -4.53. The number of carboxylic acid groups (broad SMARTS) is 1. The van der Waals surface area contributed by atoms with Crippen molar-refractivity contribution < 1.29 is 28.7 Å². The van der Waals surface area contributed by atoms with Gasteiger partial charge in [-0.15, -0.1) is 0 Å². The van der Waals surface area contributed by atoms with Gasteiger partial charge in [-0.3, -0.25) is 19.9 Å². The fourth-order valence-electron chi connectivity index (χ4n) is 3.17. The molecule has 154 valence electrons. The molecule has 0 spiro atoms. The lowest BCUT2D eigenvalue weighted by molar-refractivity contribution is -0.122. The Morgan fingerprint density at radius 3 is 2.65 bits per heavy atom. The SMILES string of the molecule is Cc1cc(C(=O)O)ccc1-c1ccc(/C=C2\C(=O)NC(=O)N(c3cccnc3)C2=O)o1. The Balaban J connectivity index is 1.67. The smallest absolute Gasteiger partial charge is 0.336 e. The number of pyridine rings is 1. The van der Waals surface area contributed by atoms with Crippen LogP contribution in [0, 0.1) is 6.92 Å². The highest BCUT2D eigenvalue weighted by atomic mass is 16.4. The minimum Gasteiger partial charge on any atom is -0.478 e. The van der Waals surface area contributed by atoms with Gasteiger partial charge in [-0.1, -0.05) is 6.07 Å². The molecule has 9 heteroatoms. The molecule has 0 unspecified atom stereocenters. The zero-order valence-corrected chi connectivity index (χ0v) is 16.2. The van der Waals surface area contributed by atoms with Crippen molar-refractivity contribution in [2.75, 3.05) is 4.90 Å². The number of aromatic nitrogens is 1. The fraction of sp³-hybridized carbons (Fsp3) is 0.0455. The summed E-state index contributed by atoms with van der Waals surface area (Å²) in [7, 11) is 0. The molecule has 3 aromatic rings. The minimum absolute atomic E-state index is 0.153. The van der Waals surface area contributed by atoms with E-state index in [0.29, 0.717) is 16.9 Å². The van der Waals surface area contributed by atoms with Crippen LogP contribution in [0.15, 0.2) is 64.8 Å². The molecule has 1 aromatic carbocycles. The van der Waals surface area contributed by atoms with E-state index in [-0.39, 0.29) is 22.6 Å². The molecular formula is C22H15N3O6. The maximum absolute atomic E-state index is 12.8. The Morgan fingerprint density at radius 1 is 1.16 bits per heavy atom. The molecule has 4 rings (SSSR count). The quantitative estimate of drug-likeness (QED) is 0.493. The summed E-state index contributed by atoms with van der Waals surface area (Å²) in [5.41, 5.74) is 1.45. The summed E-state index contributed by atoms with van der Waals surface area (Å²) in [5.74, 6) is -2.02. The monoisotopic (exact) mass is 417 g/mol. The highest BCUT2D eigenvalue weighted by Gasteiger charge is 2.37. The van der Waals surface area contributed by atoms with E-state index in [2.05, 4.69) is 10.3 Å². The van der Waals surface area contributed by atoms with E-state index in [1.54, 1.807) is 31.2 Å². The number of hydrogen-bond donors (Lipinski definition) is 2. The van der Waals surface area contributed by atoms with Crippen LogP contribution < -0.4 is 10.2 Å². The number of barbiturate groups is 1. The molecule has 0 bridgehead atoms. The second kappa shape index (κ2) is 7.71. The lowest BCUT2D eigenvalue weighted by Crippen LogP contribution is -2.54. The molecule has 1 fully saturated rings. The molecule has 0 aliphatic carbocycles. The minimum atomic E-state index is -1.03. The van der Waals surface area contributed by atoms with Gasteiger partial charge in [-0.2, -0.15) is 0 Å². The van der Waals surface area contributed by atoms with Gasteiger partial charge in [0.15, 0.2) is 0 Å². The summed E-state index contributed by atoms with van der Waals surface area (Å²) in [4.78, 5) is 53.1. The molecule has 2 N–H and O–H groups in total. The first-order chi connectivity index (χ1) is 14.8. The third kappa shape index (κ3) is 3.71. The number of benzene rings is 1. The number of imide groups is 2. The van der Waals surface area contributed by atoms with Gasteiger partial charge in [0.2, 0.25) is 0 Å². The van der Waals surface area contributed by atoms with Crippen LogP contribution in [0.1, 0.15) is 21.7 Å². The molecule has 31 heavy (non-hydrogen) atoms. The summed E-state index contributed by atoms with van der Waals surface area (Å²) < 4.78 is 5.75. The molecular weight excluding hydrogens is 402 g/mol. The van der Waals surface area contributed by atoms with Gasteiger partial charge >= 0.3 is 12.0 Å². The number of urea groups is 1. The summed E-state index contributed by atoms with van der Waals surface area (Å²) in [6.07, 6.45) is 4.07. The first kappa shape index (κ1) is 19.8. The van der Waals surface area contributed by atoms with Crippen LogP contribution in [0.4, 0.5) is 10.5 Å². The van der Waals surface area contributed by atoms with Crippen LogP contribution in [0.2, 0.25) is 0 Å². The van der Waals surface area contributed by atoms with Gasteiger partial charge in [-0.25, -0.2) is 14.5 Å². The van der Waals surface area contributed by atoms with Gasteiger partial charge in [0.25, 0.3) is 11.8 Å². The van der Waals surface area contributed by atoms with Crippen molar-refractivity contribution >= 4 is 35.6 Å². The summed E-state index contributed by atoms with van der Waals surface area (Å²) in [6.45, 7) is 1.75. The average molecular weight is 417 g/mol. The number of aryl methyl sites for hydroxylation is 1. The Morgan fingerprint density at radius 2 is 1.97 bits per heavy atom. The second-order valence-electron chi connectivity index (χ2n) is 6.71. The van der Waals surface area contributed by atoms with Crippen LogP contribution in [0.3, 0.4) is 0 Å². The molecule has 0 saturated carbocycles. The topological polar surface area (TPSA) is 130 Å². The molecule has 1 aliphatic heterocycles. The maximum atomic E-state index is 12.8. The first-order valence-corrected chi connectivity index (χ1v) is 9.11. The fourth-order valence-corrected chi connectivity index (χ4v) is 3.17. The largest absolute Gasteiger partial charge is 0.478 e. The molecule has 1 aliphatic rings. The molecule has 0 radical (unpaired) electrons. The number of furan rings is 1. The van der Waals surface area contributed by atoms with E-state index in [9.17, 15) is 19.2 Å². The van der Waals surface area contributed by atoms with Crippen molar-refractivity contribution in [3.8, 4) is 11.3 Å². The molecule has 4 amide bonds. The third-order valence-corrected chi connectivity index (χ3v) is 4.66. The Bertz CT molecular complexity index is 1260. The second-order valence-corrected chi connectivity index (χ2v) is 6.71. The lowest BCUT2D eigenvalue weighted by atomic mass is 10.0. The van der Waals surface area contributed by atoms with Crippen LogP contribution in [-0.2, 0) is 9.59 Å². The van der Waals surface area contributed by atoms with Gasteiger partial charge in [0.1, 0.15) is 17.1 Å². The van der Waals surface area contributed by atoms with Gasteiger partial charge < -0.3 is 9.52 Å². The average Bonchev–Trinajstić information content (AvgIpc) is 3.20. The Kier molecular flexibility index (Phi) is 4.92. The highest BCUT2D eigenvalue weighted by molar-refractivity contribution is 6.39. The number of nitrogens with zero attached hydrogens (tertiary/aromatic N) is 2. The number of carboxylic acids is 1. The van der Waals surface area contributed by atoms with Crippen molar-refractivity contribution in [2.45, 2.75) is 6.92 Å². The van der Waals surface area contributed by atoms with Gasteiger partial charge in [0, 0.05) is 11.8 Å². The van der Waals surface area contributed by atoms with E-state index in [4.69, 9.17) is 9.52 Å². The molecule has 3 heterocycles. The van der Waals surface area contributed by atoms with Crippen LogP contribution in [-0.4, -0.2) is 33.9 Å². The van der Waals surface area contributed by atoms with Crippen molar-refractivity contribution in [3.05, 3.63) is 77.3 Å². The Labute approximate surface area is 175 Å². The first-order valence-electron chi connectivity index (χ1n) is 9.11. The zero-order chi connectivity index (χ0) is 22.1. The molecule has 1 saturated heterocycles. The standard InChI is InChI=1S/C22H15N3O6/c1-12-9-13(21(28)29)4-6-16(12)18-7-5-15(31-18)10-17-19(26)24-22(30)25(20(17)27)14-3-2-8-23-11-14/h2-11H,1H3,(H,28,29)(H,24,26,30)/b17-10+. The normalized spacial score (nSPS) is 15.3. The van der Waals surface area contributed by atoms with Crippen LogP contribution in [0.25, 0.3) is 17.4 Å². The number of aromatic carboxylic acids is 1. The highest BCUT2D eigenvalue weighted by Crippen LogP contribution is 2.28. The van der Waals surface area contributed by atoms with Crippen molar-refractivity contribution in [2.24, 2.45) is 0 Å². The van der Waals surface area contributed by atoms with E-state index in [1.807, 2.05) is 0 Å². The van der Waals surface area contributed by atoms with E-state index in [0.717, 1.165) is 4.90 Å². The third-order valence-electron chi connectivity index (χ3n) is 4.66. The van der Waals surface area contributed by atoms with E-state index < -0.39 is 23.8 Å². The number of rotatable bonds is 4. The maximum Gasteiger partial charge on any atom is 0.336 e. The van der Waals surface area contributed by atoms with E-state index in [1.165, 1.54) is 36.7 Å². The molecule has 0 atom stereocenters. The van der Waals surface area contributed by atoms with Crippen molar-refractivity contribution in [1.82, 2.24) is 10.3 Å². The number of hydrogen-bond acceptors (Lipinski definition) is 6. The van der Waals surface area contributed by atoms with Gasteiger partial charge in [-0.05, 0) is 55.0 Å². The summed E-state index contributed by atoms with van der Waals surface area (Å²) in [6, 6.07) is 10.0. The summed E-state index contributed by atoms with van der Waals surface area (Å²) >= 11 is 0. The molecule has 9 nitrogen and oxygen atoms in total. The van der Waals surface area contributed by atoms with Crippen molar-refractivity contribution in [3.63, 3.8) is 0 Å². The van der Waals surface area contributed by atoms with Crippen LogP contribution in [0.5, 0.6) is 0 Å². The summed E-state index contributed by atoms with van der Waals surface area (Å²) in [5, 5.41) is 11.2. The van der Waals surface area contributed by atoms with Gasteiger partial charge in [0.05, 0.1) is 17.4 Å². The van der Waals surface area contributed by atoms with E-state index >= 15 is 0 Å². The number of nitrogens with one attached hydrogen (secondary N) is 1. The zero-order valence-electron chi connectivity index (χ0n) is 16.2. The van der Waals surface area contributed by atoms with Crippen molar-refractivity contribution in [1.29, 1.82) is 0 Å². The lowest BCUT2D eigenvalue weighted by Gasteiger charge is -2.25.